The molecule has 1 heterocycles. The minimum absolute atomic E-state index is 0.187. The van der Waals surface area contributed by atoms with Crippen LogP contribution >= 0.6 is 0 Å². The summed E-state index contributed by atoms with van der Waals surface area (Å²) < 4.78 is 33.6. The zero-order valence-electron chi connectivity index (χ0n) is 18.2. The Morgan fingerprint density at radius 1 is 1.06 bits per heavy atom. The molecule has 0 bridgehead atoms. The number of hydrogen-bond acceptors (Lipinski definition) is 5. The maximum Gasteiger partial charge on any atom is 0.235 e. The van der Waals surface area contributed by atoms with Crippen LogP contribution in [-0.2, 0) is 10.0 Å². The van der Waals surface area contributed by atoms with Crippen LogP contribution in [0.2, 0.25) is 0 Å². The molecule has 1 atom stereocenters. The number of ether oxygens (including phenoxy) is 1. The van der Waals surface area contributed by atoms with Gasteiger partial charge in [0.2, 0.25) is 10.0 Å². The number of ketones is 1. The van der Waals surface area contributed by atoms with Crippen molar-refractivity contribution in [3.05, 3.63) is 71.1 Å². The lowest BCUT2D eigenvalue weighted by Gasteiger charge is -2.24. The quantitative estimate of drug-likeness (QED) is 0.409. The van der Waals surface area contributed by atoms with E-state index in [-0.39, 0.29) is 17.9 Å². The third-order valence-corrected chi connectivity index (χ3v) is 6.94. The van der Waals surface area contributed by atoms with Crippen LogP contribution in [0.25, 0.3) is 6.08 Å². The molecule has 0 radical (unpaired) electrons. The molecule has 2 fully saturated rings. The fourth-order valence-electron chi connectivity index (χ4n) is 3.94. The van der Waals surface area contributed by atoms with E-state index in [1.807, 2.05) is 54.6 Å². The van der Waals surface area contributed by atoms with E-state index in [1.165, 1.54) is 5.41 Å². The predicted octanol–water partition coefficient (Wildman–Crippen LogP) is 4.06. The fourth-order valence-corrected chi connectivity index (χ4v) is 5.00. The second kappa shape index (κ2) is 10.4. The molecule has 2 aromatic rings. The number of nitrogens with zero attached hydrogens (tertiary/aromatic N) is 1. The number of rotatable bonds is 11. The van der Waals surface area contributed by atoms with E-state index in [2.05, 4.69) is 9.62 Å². The standard InChI is InChI=1S/C25H30N2O4S/c28-25(21-9-10-21)22-11-13-23(14-12-22)31-18-5-17-27-16-4-8-24(27)26-32(29,30)19-15-20-6-2-1-3-7-20/h1-3,6-7,11-15,19,21,24,26H,4-5,8-10,16-18H2. The summed E-state index contributed by atoms with van der Waals surface area (Å²) in [5.41, 5.74) is 1.61. The maximum absolute atomic E-state index is 12.5. The highest BCUT2D eigenvalue weighted by Crippen LogP contribution is 2.32. The van der Waals surface area contributed by atoms with Crippen LogP contribution in [0.15, 0.2) is 60.0 Å². The zero-order valence-corrected chi connectivity index (χ0v) is 19.0. The lowest BCUT2D eigenvalue weighted by molar-refractivity contribution is 0.0967. The Labute approximate surface area is 190 Å². The number of benzene rings is 2. The maximum atomic E-state index is 12.5. The SMILES string of the molecule is O=C(c1ccc(OCCCN2CCCC2NS(=O)(=O)C=Cc2ccccc2)cc1)C1CC1. The lowest BCUT2D eigenvalue weighted by atomic mass is 10.1. The molecule has 1 aliphatic heterocycles. The van der Waals surface area contributed by atoms with Crippen LogP contribution in [0.5, 0.6) is 5.75 Å². The van der Waals surface area contributed by atoms with E-state index in [1.54, 1.807) is 6.08 Å². The predicted molar refractivity (Wildman–Crippen MR) is 126 cm³/mol. The first-order valence-corrected chi connectivity index (χ1v) is 12.8. The van der Waals surface area contributed by atoms with Crippen molar-refractivity contribution in [3.8, 4) is 5.75 Å². The highest BCUT2D eigenvalue weighted by molar-refractivity contribution is 7.92. The summed E-state index contributed by atoms with van der Waals surface area (Å²) in [5, 5.41) is 1.24. The van der Waals surface area contributed by atoms with Crippen molar-refractivity contribution in [2.45, 2.75) is 38.3 Å². The van der Waals surface area contributed by atoms with E-state index in [4.69, 9.17) is 4.74 Å². The molecule has 6 nitrogen and oxygen atoms in total. The smallest absolute Gasteiger partial charge is 0.235 e. The van der Waals surface area contributed by atoms with Crippen LogP contribution in [0, 0.1) is 5.92 Å². The van der Waals surface area contributed by atoms with Gasteiger partial charge in [0.25, 0.3) is 0 Å². The van der Waals surface area contributed by atoms with Gasteiger partial charge in [0.1, 0.15) is 5.75 Å². The van der Waals surface area contributed by atoms with Crippen LogP contribution in [0.1, 0.15) is 48.0 Å². The van der Waals surface area contributed by atoms with Crippen molar-refractivity contribution in [2.75, 3.05) is 19.7 Å². The lowest BCUT2D eigenvalue weighted by Crippen LogP contribution is -2.44. The molecule has 0 amide bonds. The number of carbonyl (C=O) groups is 1. The Morgan fingerprint density at radius 3 is 2.53 bits per heavy atom. The molecule has 2 aromatic carbocycles. The first-order valence-electron chi connectivity index (χ1n) is 11.3. The Bertz CT molecular complexity index is 1030. The van der Waals surface area contributed by atoms with Gasteiger partial charge in [-0.1, -0.05) is 30.3 Å². The first kappa shape index (κ1) is 22.7. The van der Waals surface area contributed by atoms with Gasteiger partial charge in [-0.2, -0.15) is 4.72 Å². The molecule has 1 N–H and O–H groups in total. The van der Waals surface area contributed by atoms with E-state index in [9.17, 15) is 13.2 Å². The summed E-state index contributed by atoms with van der Waals surface area (Å²) in [6, 6.07) is 16.8. The van der Waals surface area contributed by atoms with Gasteiger partial charge in [-0.05, 0) is 74.6 Å². The normalized spacial score (nSPS) is 19.4. The van der Waals surface area contributed by atoms with Crippen molar-refractivity contribution in [2.24, 2.45) is 5.92 Å². The van der Waals surface area contributed by atoms with E-state index < -0.39 is 10.0 Å². The average molecular weight is 455 g/mol. The van der Waals surface area contributed by atoms with Crippen LogP contribution in [-0.4, -0.2) is 45.0 Å². The molecular weight excluding hydrogens is 424 g/mol. The molecule has 1 aliphatic carbocycles. The molecule has 1 saturated heterocycles. The summed E-state index contributed by atoms with van der Waals surface area (Å²) in [7, 11) is -3.51. The van der Waals surface area contributed by atoms with E-state index in [0.29, 0.717) is 6.61 Å². The highest BCUT2D eigenvalue weighted by atomic mass is 32.2. The Balaban J connectivity index is 1.21. The van der Waals surface area contributed by atoms with Gasteiger partial charge >= 0.3 is 0 Å². The summed E-state index contributed by atoms with van der Waals surface area (Å²) >= 11 is 0. The highest BCUT2D eigenvalue weighted by Gasteiger charge is 2.30. The number of sulfonamides is 1. The van der Waals surface area contributed by atoms with Crippen molar-refractivity contribution < 1.29 is 17.9 Å². The third-order valence-electron chi connectivity index (χ3n) is 5.85. The minimum Gasteiger partial charge on any atom is -0.494 e. The van der Waals surface area contributed by atoms with Gasteiger partial charge in [0, 0.05) is 23.4 Å². The molecule has 32 heavy (non-hydrogen) atoms. The minimum atomic E-state index is -3.51. The summed E-state index contributed by atoms with van der Waals surface area (Å²) in [4.78, 5) is 14.2. The van der Waals surface area contributed by atoms with Crippen molar-refractivity contribution in [1.82, 2.24) is 9.62 Å². The molecule has 2 aliphatic rings. The van der Waals surface area contributed by atoms with Gasteiger partial charge in [-0.15, -0.1) is 0 Å². The number of likely N-dealkylation sites (tertiary alicyclic amines) is 1. The van der Waals surface area contributed by atoms with Gasteiger partial charge < -0.3 is 4.74 Å². The topological polar surface area (TPSA) is 75.7 Å². The Morgan fingerprint density at radius 2 is 1.81 bits per heavy atom. The van der Waals surface area contributed by atoms with Crippen molar-refractivity contribution >= 4 is 21.9 Å². The van der Waals surface area contributed by atoms with E-state index >= 15 is 0 Å². The second-order valence-corrected chi connectivity index (χ2v) is 10.0. The summed E-state index contributed by atoms with van der Waals surface area (Å²) in [5.74, 6) is 1.21. The molecule has 0 aromatic heterocycles. The molecule has 1 unspecified atom stereocenters. The number of nitrogens with one attached hydrogen (secondary N) is 1. The summed E-state index contributed by atoms with van der Waals surface area (Å²) in [6.07, 6.45) is 6.00. The molecule has 7 heteroatoms. The molecule has 1 saturated carbocycles. The third kappa shape index (κ3) is 6.51. The number of Topliss-reactive ketones (excluding diaryl/α,β-unsaturated/α-hetero) is 1. The van der Waals surface area contributed by atoms with Crippen molar-refractivity contribution in [3.63, 3.8) is 0 Å². The average Bonchev–Trinajstić information content (AvgIpc) is 3.57. The number of carbonyl (C=O) groups excluding carboxylic acids is 1. The molecule has 4 rings (SSSR count). The first-order chi connectivity index (χ1) is 15.5. The van der Waals surface area contributed by atoms with Gasteiger partial charge in [-0.3, -0.25) is 9.69 Å². The van der Waals surface area contributed by atoms with Crippen molar-refractivity contribution in [1.29, 1.82) is 0 Å². The van der Waals surface area contributed by atoms with Crippen LogP contribution < -0.4 is 9.46 Å². The van der Waals surface area contributed by atoms with Gasteiger partial charge in [0.15, 0.2) is 5.78 Å². The molecule has 170 valence electrons. The molecular formula is C25H30N2O4S. The monoisotopic (exact) mass is 454 g/mol. The van der Waals surface area contributed by atoms with Gasteiger partial charge in [-0.25, -0.2) is 8.42 Å². The van der Waals surface area contributed by atoms with Crippen LogP contribution in [0.4, 0.5) is 0 Å². The van der Waals surface area contributed by atoms with Crippen LogP contribution in [0.3, 0.4) is 0 Å². The fraction of sp³-hybridized carbons (Fsp3) is 0.400. The van der Waals surface area contributed by atoms with E-state index in [0.717, 1.165) is 62.1 Å². The summed E-state index contributed by atoms with van der Waals surface area (Å²) in [6.45, 7) is 2.17. The van der Waals surface area contributed by atoms with Gasteiger partial charge in [0.05, 0.1) is 12.8 Å². The Kier molecular flexibility index (Phi) is 7.40. The second-order valence-electron chi connectivity index (χ2n) is 8.44. The largest absolute Gasteiger partial charge is 0.494 e. The Hall–Kier alpha value is -2.48. The zero-order chi connectivity index (χ0) is 22.4. The molecule has 0 spiro atoms. The number of hydrogen-bond donors (Lipinski definition) is 1.